The second-order valence-corrected chi connectivity index (χ2v) is 4.53. The first-order chi connectivity index (χ1) is 8.69. The summed E-state index contributed by atoms with van der Waals surface area (Å²) in [6, 6.07) is 1.45. The summed E-state index contributed by atoms with van der Waals surface area (Å²) in [5.74, 6) is -0.587. The van der Waals surface area contributed by atoms with Gasteiger partial charge in [-0.15, -0.1) is 11.3 Å². The Morgan fingerprint density at radius 3 is 3.00 bits per heavy atom. The molecule has 0 bridgehead atoms. The van der Waals surface area contributed by atoms with Gasteiger partial charge in [0.15, 0.2) is 0 Å². The smallest absolute Gasteiger partial charge is 0.337 e. The Kier molecular flexibility index (Phi) is 3.88. The van der Waals surface area contributed by atoms with Crippen LogP contribution in [0, 0.1) is 0 Å². The van der Waals surface area contributed by atoms with E-state index in [2.05, 4.69) is 9.97 Å². The van der Waals surface area contributed by atoms with Gasteiger partial charge in [-0.1, -0.05) is 6.92 Å². The molecular formula is C12H12N2O3S. The fourth-order valence-electron chi connectivity index (χ4n) is 1.35. The van der Waals surface area contributed by atoms with Crippen molar-refractivity contribution in [2.75, 3.05) is 0 Å². The molecule has 0 radical (unpaired) electrons. The molecule has 94 valence electrons. The Labute approximate surface area is 108 Å². The molecule has 18 heavy (non-hydrogen) atoms. The van der Waals surface area contributed by atoms with Gasteiger partial charge in [0.05, 0.1) is 22.5 Å². The minimum atomic E-state index is -1.02. The number of carbonyl (C=O) groups is 1. The average molecular weight is 264 g/mol. The van der Waals surface area contributed by atoms with Crippen molar-refractivity contribution in [3.8, 4) is 5.75 Å². The first-order valence-electron chi connectivity index (χ1n) is 5.43. The highest BCUT2D eigenvalue weighted by Gasteiger charge is 2.06. The molecule has 0 aliphatic heterocycles. The number of nitrogens with zero attached hydrogens (tertiary/aromatic N) is 2. The van der Waals surface area contributed by atoms with Crippen molar-refractivity contribution >= 4 is 17.3 Å². The third-order valence-electron chi connectivity index (χ3n) is 2.25. The summed E-state index contributed by atoms with van der Waals surface area (Å²) in [6.45, 7) is 2.37. The molecule has 2 rings (SSSR count). The Hall–Kier alpha value is -1.95. The number of carboxylic acid groups (broad SMARTS) is 1. The summed E-state index contributed by atoms with van der Waals surface area (Å²) in [7, 11) is 0. The van der Waals surface area contributed by atoms with Gasteiger partial charge in [-0.05, 0) is 12.5 Å². The maximum atomic E-state index is 10.8. The van der Waals surface area contributed by atoms with Crippen LogP contribution in [0.3, 0.4) is 0 Å². The minimum Gasteiger partial charge on any atom is -0.486 e. The largest absolute Gasteiger partial charge is 0.486 e. The quantitative estimate of drug-likeness (QED) is 0.897. The van der Waals surface area contributed by atoms with Crippen molar-refractivity contribution in [3.05, 3.63) is 40.1 Å². The van der Waals surface area contributed by atoms with Crippen molar-refractivity contribution < 1.29 is 14.6 Å². The van der Waals surface area contributed by atoms with Gasteiger partial charge in [0, 0.05) is 11.6 Å². The van der Waals surface area contributed by atoms with Gasteiger partial charge in [-0.3, -0.25) is 4.98 Å². The van der Waals surface area contributed by atoms with Crippen molar-refractivity contribution in [2.24, 2.45) is 0 Å². The number of hydrogen-bond acceptors (Lipinski definition) is 5. The maximum absolute atomic E-state index is 10.8. The molecule has 0 amide bonds. The Bertz CT molecular complexity index is 554. The molecule has 0 atom stereocenters. The predicted octanol–water partition coefficient (Wildman–Crippen LogP) is 2.38. The fourth-order valence-corrected chi connectivity index (χ4v) is 2.08. The van der Waals surface area contributed by atoms with Crippen LogP contribution in [0.4, 0.5) is 0 Å². The minimum absolute atomic E-state index is 0.111. The van der Waals surface area contributed by atoms with E-state index in [1.54, 1.807) is 11.3 Å². The van der Waals surface area contributed by atoms with Gasteiger partial charge in [0.2, 0.25) is 0 Å². The van der Waals surface area contributed by atoms with Gasteiger partial charge in [-0.2, -0.15) is 0 Å². The van der Waals surface area contributed by atoms with Gasteiger partial charge >= 0.3 is 5.97 Å². The molecule has 0 unspecified atom stereocenters. The molecule has 5 nitrogen and oxygen atoms in total. The summed E-state index contributed by atoms with van der Waals surface area (Å²) >= 11 is 1.59. The highest BCUT2D eigenvalue weighted by atomic mass is 32.1. The van der Waals surface area contributed by atoms with E-state index in [1.165, 1.54) is 18.5 Å². The Morgan fingerprint density at radius 1 is 1.50 bits per heavy atom. The number of carboxylic acids is 1. The first kappa shape index (κ1) is 12.5. The molecule has 0 saturated heterocycles. The lowest BCUT2D eigenvalue weighted by molar-refractivity contribution is 0.0696. The zero-order valence-corrected chi connectivity index (χ0v) is 10.6. The molecule has 1 N–H and O–H groups in total. The number of aromatic carboxylic acids is 1. The molecular weight excluding hydrogens is 252 g/mol. The van der Waals surface area contributed by atoms with E-state index in [0.29, 0.717) is 12.4 Å². The molecule has 0 aliphatic carbocycles. The van der Waals surface area contributed by atoms with E-state index in [1.807, 2.05) is 12.3 Å². The van der Waals surface area contributed by atoms with E-state index >= 15 is 0 Å². The maximum Gasteiger partial charge on any atom is 0.337 e. The zero-order chi connectivity index (χ0) is 13.0. The molecule has 2 heterocycles. The second kappa shape index (κ2) is 5.59. The lowest BCUT2D eigenvalue weighted by Gasteiger charge is -2.04. The van der Waals surface area contributed by atoms with Crippen molar-refractivity contribution in [2.45, 2.75) is 20.0 Å². The number of rotatable bonds is 5. The van der Waals surface area contributed by atoms with Crippen LogP contribution >= 0.6 is 11.3 Å². The van der Waals surface area contributed by atoms with E-state index in [0.717, 1.165) is 17.1 Å². The first-order valence-corrected chi connectivity index (χ1v) is 6.31. The van der Waals surface area contributed by atoms with Crippen LogP contribution in [-0.2, 0) is 13.0 Å². The lowest BCUT2D eigenvalue weighted by atomic mass is 10.3. The van der Waals surface area contributed by atoms with Crippen LogP contribution in [0.5, 0.6) is 5.75 Å². The van der Waals surface area contributed by atoms with Crippen LogP contribution in [0.25, 0.3) is 0 Å². The molecule has 2 aromatic rings. The predicted molar refractivity (Wildman–Crippen MR) is 67.0 cm³/mol. The lowest BCUT2D eigenvalue weighted by Crippen LogP contribution is -2.00. The van der Waals surface area contributed by atoms with Crippen molar-refractivity contribution in [1.82, 2.24) is 9.97 Å². The van der Waals surface area contributed by atoms with Gasteiger partial charge in [0.25, 0.3) is 0 Å². The van der Waals surface area contributed by atoms with Crippen molar-refractivity contribution in [3.63, 3.8) is 0 Å². The van der Waals surface area contributed by atoms with E-state index in [9.17, 15) is 4.79 Å². The molecule has 0 aromatic carbocycles. The summed E-state index contributed by atoms with van der Waals surface area (Å²) in [4.78, 5) is 18.9. The van der Waals surface area contributed by atoms with Crippen LogP contribution in [0.2, 0.25) is 0 Å². The highest BCUT2D eigenvalue weighted by molar-refractivity contribution is 7.09. The van der Waals surface area contributed by atoms with E-state index in [-0.39, 0.29) is 5.56 Å². The molecule has 2 aromatic heterocycles. The average Bonchev–Trinajstić information content (AvgIpc) is 2.84. The SMILES string of the molecule is CCc1nc(COc2cncc(C(=O)O)c2)cs1. The molecule has 0 fully saturated rings. The monoisotopic (exact) mass is 264 g/mol. The normalized spacial score (nSPS) is 10.3. The topological polar surface area (TPSA) is 72.3 Å². The van der Waals surface area contributed by atoms with Crippen LogP contribution in [0.1, 0.15) is 28.0 Å². The third kappa shape index (κ3) is 3.04. The number of aromatic nitrogens is 2. The second-order valence-electron chi connectivity index (χ2n) is 3.59. The number of pyridine rings is 1. The number of hydrogen-bond donors (Lipinski definition) is 1. The highest BCUT2D eigenvalue weighted by Crippen LogP contribution is 2.15. The summed E-state index contributed by atoms with van der Waals surface area (Å²) in [5, 5.41) is 11.8. The molecule has 0 spiro atoms. The standard InChI is InChI=1S/C12H12N2O3S/c1-2-11-14-9(7-18-11)6-17-10-3-8(12(15)16)4-13-5-10/h3-5,7H,2,6H2,1H3,(H,15,16). The Balaban J connectivity index is 2.01. The summed E-state index contributed by atoms with van der Waals surface area (Å²) < 4.78 is 5.46. The number of thiazole rings is 1. The van der Waals surface area contributed by atoms with Crippen molar-refractivity contribution in [1.29, 1.82) is 0 Å². The molecule has 0 aliphatic rings. The van der Waals surface area contributed by atoms with Crippen LogP contribution in [0.15, 0.2) is 23.8 Å². The zero-order valence-electron chi connectivity index (χ0n) is 9.79. The van der Waals surface area contributed by atoms with E-state index in [4.69, 9.17) is 9.84 Å². The number of ether oxygens (including phenoxy) is 1. The van der Waals surface area contributed by atoms with Gasteiger partial charge < -0.3 is 9.84 Å². The third-order valence-corrected chi connectivity index (χ3v) is 3.29. The summed E-state index contributed by atoms with van der Waals surface area (Å²) in [5.41, 5.74) is 0.956. The number of aryl methyl sites for hydroxylation is 1. The van der Waals surface area contributed by atoms with E-state index < -0.39 is 5.97 Å². The molecule has 0 saturated carbocycles. The summed E-state index contributed by atoms with van der Waals surface area (Å²) in [6.07, 6.45) is 3.67. The van der Waals surface area contributed by atoms with Crippen LogP contribution in [-0.4, -0.2) is 21.0 Å². The van der Waals surface area contributed by atoms with Gasteiger partial charge in [0.1, 0.15) is 12.4 Å². The van der Waals surface area contributed by atoms with Gasteiger partial charge in [-0.25, -0.2) is 9.78 Å². The Morgan fingerprint density at radius 2 is 2.33 bits per heavy atom. The van der Waals surface area contributed by atoms with Crippen LogP contribution < -0.4 is 4.74 Å². The molecule has 6 heteroatoms. The fraction of sp³-hybridized carbons (Fsp3) is 0.250.